The zero-order valence-electron chi connectivity index (χ0n) is 11.3. The number of hydrogen-bond donors (Lipinski definition) is 0. The minimum Gasteiger partial charge on any atom is -0.469 e. The zero-order chi connectivity index (χ0) is 16.7. The lowest BCUT2D eigenvalue weighted by Crippen LogP contribution is -2.45. The summed E-state index contributed by atoms with van der Waals surface area (Å²) in [5, 5.41) is 0. The second-order valence-electron chi connectivity index (χ2n) is 5.10. The monoisotopic (exact) mass is 332 g/mol. The minimum absolute atomic E-state index is 0.337. The van der Waals surface area contributed by atoms with Crippen molar-refractivity contribution in [3.63, 3.8) is 0 Å². The van der Waals surface area contributed by atoms with E-state index < -0.39 is 54.7 Å². The molecule has 2 bridgehead atoms. The van der Waals surface area contributed by atoms with Crippen LogP contribution >= 0.6 is 0 Å². The van der Waals surface area contributed by atoms with E-state index in [-0.39, 0.29) is 0 Å². The van der Waals surface area contributed by atoms with Crippen molar-refractivity contribution in [2.24, 2.45) is 11.8 Å². The maximum atomic E-state index is 12.4. The molecule has 0 N–H and O–H groups in total. The number of halogens is 5. The molecule has 10 heteroatoms. The first-order chi connectivity index (χ1) is 10.2. The van der Waals surface area contributed by atoms with Crippen LogP contribution in [0.4, 0.5) is 22.0 Å². The number of carbonyl (C=O) groups is 2. The van der Waals surface area contributed by atoms with E-state index in [0.29, 0.717) is 12.8 Å². The Morgan fingerprint density at radius 1 is 1.09 bits per heavy atom. The first-order valence-corrected chi connectivity index (χ1v) is 6.45. The van der Waals surface area contributed by atoms with Gasteiger partial charge in [0.15, 0.2) is 0 Å². The molecule has 0 aromatic carbocycles. The normalized spacial score (nSPS) is 32.1. The Kier molecular flexibility index (Phi) is 4.59. The van der Waals surface area contributed by atoms with Crippen molar-refractivity contribution in [3.8, 4) is 0 Å². The van der Waals surface area contributed by atoms with Crippen molar-refractivity contribution in [2.45, 2.75) is 43.8 Å². The molecule has 0 radical (unpaired) electrons. The summed E-state index contributed by atoms with van der Waals surface area (Å²) in [5.74, 6) is -4.86. The Morgan fingerprint density at radius 3 is 2.00 bits per heavy atom. The van der Waals surface area contributed by atoms with Gasteiger partial charge in [0.2, 0.25) is 0 Å². The van der Waals surface area contributed by atoms with Crippen LogP contribution in [0.1, 0.15) is 12.8 Å². The van der Waals surface area contributed by atoms with Gasteiger partial charge in [-0.25, -0.2) is 8.78 Å². The summed E-state index contributed by atoms with van der Waals surface area (Å²) in [4.78, 5) is 23.5. The number of hydrogen-bond acceptors (Lipinski definition) is 5. The molecule has 22 heavy (non-hydrogen) atoms. The van der Waals surface area contributed by atoms with E-state index in [2.05, 4.69) is 9.47 Å². The van der Waals surface area contributed by atoms with E-state index in [1.54, 1.807) is 0 Å². The van der Waals surface area contributed by atoms with Gasteiger partial charge in [0.05, 0.1) is 31.2 Å². The number of carbonyl (C=O) groups excluding carboxylic acids is 2. The van der Waals surface area contributed by atoms with E-state index >= 15 is 0 Å². The first-order valence-electron chi connectivity index (χ1n) is 6.45. The number of alkyl halides is 5. The number of ether oxygens (including phenoxy) is 3. The molecule has 2 heterocycles. The van der Waals surface area contributed by atoms with E-state index in [1.807, 2.05) is 0 Å². The highest BCUT2D eigenvalue weighted by Crippen LogP contribution is 2.45. The summed E-state index contributed by atoms with van der Waals surface area (Å²) < 4.78 is 75.9. The lowest BCUT2D eigenvalue weighted by atomic mass is 9.79. The molecule has 126 valence electrons. The van der Waals surface area contributed by atoms with Crippen LogP contribution in [0, 0.1) is 11.8 Å². The fourth-order valence-corrected chi connectivity index (χ4v) is 2.88. The molecule has 2 aliphatic rings. The van der Waals surface area contributed by atoms with Crippen molar-refractivity contribution >= 4 is 11.9 Å². The molecule has 0 aromatic rings. The molecule has 2 aliphatic heterocycles. The summed E-state index contributed by atoms with van der Waals surface area (Å²) >= 11 is 0. The molecule has 2 fully saturated rings. The molecule has 2 saturated heterocycles. The van der Waals surface area contributed by atoms with Crippen molar-refractivity contribution in [1.29, 1.82) is 0 Å². The molecule has 0 spiro atoms. The van der Waals surface area contributed by atoms with Gasteiger partial charge in [0.25, 0.3) is 12.5 Å². The van der Waals surface area contributed by atoms with Gasteiger partial charge < -0.3 is 14.2 Å². The molecule has 5 unspecified atom stereocenters. The van der Waals surface area contributed by atoms with Gasteiger partial charge in [0.1, 0.15) is 0 Å². The van der Waals surface area contributed by atoms with E-state index in [1.165, 1.54) is 0 Å². The predicted molar refractivity (Wildman–Crippen MR) is 58.8 cm³/mol. The average molecular weight is 332 g/mol. The van der Waals surface area contributed by atoms with Crippen LogP contribution in [0.5, 0.6) is 0 Å². The standard InChI is InChI=1S/C12H13F5O5/c1-20-10(18)6-4-2-3-5(21-4)7(6)11(19)22-8(9(13)14)12(15,16)17/h4-9H,2-3H2,1H3. The first kappa shape index (κ1) is 16.9. The predicted octanol–water partition coefficient (Wildman–Crippen LogP) is 1.69. The van der Waals surface area contributed by atoms with Gasteiger partial charge >= 0.3 is 18.1 Å². The maximum Gasteiger partial charge on any atom is 0.431 e. The third kappa shape index (κ3) is 3.01. The van der Waals surface area contributed by atoms with Gasteiger partial charge in [-0.1, -0.05) is 0 Å². The minimum atomic E-state index is -5.40. The van der Waals surface area contributed by atoms with Crippen LogP contribution in [-0.2, 0) is 23.8 Å². The van der Waals surface area contributed by atoms with Gasteiger partial charge in [-0.05, 0) is 12.8 Å². The average Bonchev–Trinajstić information content (AvgIpc) is 3.02. The zero-order valence-corrected chi connectivity index (χ0v) is 11.3. The smallest absolute Gasteiger partial charge is 0.431 e. The third-order valence-corrected chi connectivity index (χ3v) is 3.81. The van der Waals surface area contributed by atoms with E-state index in [9.17, 15) is 31.5 Å². The summed E-state index contributed by atoms with van der Waals surface area (Å²) in [6.07, 6.45) is -13.6. The van der Waals surface area contributed by atoms with Crippen LogP contribution in [0.25, 0.3) is 0 Å². The lowest BCUT2D eigenvalue weighted by Gasteiger charge is -2.27. The molecule has 2 rings (SSSR count). The van der Waals surface area contributed by atoms with E-state index in [0.717, 1.165) is 7.11 Å². The third-order valence-electron chi connectivity index (χ3n) is 3.81. The van der Waals surface area contributed by atoms with Gasteiger partial charge in [0, 0.05) is 0 Å². The van der Waals surface area contributed by atoms with Crippen LogP contribution in [-0.4, -0.2) is 50.0 Å². The van der Waals surface area contributed by atoms with Crippen LogP contribution in [0.2, 0.25) is 0 Å². The van der Waals surface area contributed by atoms with Crippen molar-refractivity contribution in [1.82, 2.24) is 0 Å². The van der Waals surface area contributed by atoms with E-state index in [4.69, 9.17) is 4.74 Å². The fourth-order valence-electron chi connectivity index (χ4n) is 2.88. The largest absolute Gasteiger partial charge is 0.469 e. The number of rotatable bonds is 4. The van der Waals surface area contributed by atoms with Gasteiger partial charge in [-0.15, -0.1) is 0 Å². The Balaban J connectivity index is 2.15. The summed E-state index contributed by atoms with van der Waals surface area (Å²) in [6.45, 7) is 0. The molecule has 0 aliphatic carbocycles. The van der Waals surface area contributed by atoms with Crippen molar-refractivity contribution in [2.75, 3.05) is 7.11 Å². The van der Waals surface area contributed by atoms with Gasteiger partial charge in [-0.3, -0.25) is 9.59 Å². The highest BCUT2D eigenvalue weighted by molar-refractivity contribution is 5.84. The SMILES string of the molecule is COC(=O)C1C2CCC(O2)C1C(=O)OC(C(F)F)C(F)(F)F. The lowest BCUT2D eigenvalue weighted by molar-refractivity contribution is -0.251. The number of fused-ring (bicyclic) bond motifs is 2. The quantitative estimate of drug-likeness (QED) is 0.579. The summed E-state index contributed by atoms with van der Waals surface area (Å²) in [6, 6.07) is 0. The summed E-state index contributed by atoms with van der Waals surface area (Å²) in [5.41, 5.74) is 0. The Labute approximate surface area is 121 Å². The Hall–Kier alpha value is -1.45. The molecule has 0 saturated carbocycles. The molecule has 0 aromatic heterocycles. The highest BCUT2D eigenvalue weighted by atomic mass is 19.4. The molecule has 5 atom stereocenters. The number of esters is 2. The van der Waals surface area contributed by atoms with Crippen LogP contribution < -0.4 is 0 Å². The Bertz CT molecular complexity index is 452. The summed E-state index contributed by atoms with van der Waals surface area (Å²) in [7, 11) is 1.05. The molecular weight excluding hydrogens is 319 g/mol. The molecule has 5 nitrogen and oxygen atoms in total. The maximum absolute atomic E-state index is 12.4. The highest BCUT2D eigenvalue weighted by Gasteiger charge is 2.58. The number of methoxy groups -OCH3 is 1. The second-order valence-corrected chi connectivity index (χ2v) is 5.10. The topological polar surface area (TPSA) is 61.8 Å². The van der Waals surface area contributed by atoms with Gasteiger partial charge in [-0.2, -0.15) is 13.2 Å². The molecule has 0 amide bonds. The van der Waals surface area contributed by atoms with Crippen LogP contribution in [0.15, 0.2) is 0 Å². The van der Waals surface area contributed by atoms with Crippen LogP contribution in [0.3, 0.4) is 0 Å². The Morgan fingerprint density at radius 2 is 1.59 bits per heavy atom. The second kappa shape index (κ2) is 5.98. The van der Waals surface area contributed by atoms with Crippen molar-refractivity contribution in [3.05, 3.63) is 0 Å². The fraction of sp³-hybridized carbons (Fsp3) is 0.833. The molecular formula is C12H13F5O5. The van der Waals surface area contributed by atoms with Crippen molar-refractivity contribution < 1.29 is 45.8 Å².